The zero-order valence-electron chi connectivity index (χ0n) is 14.2. The van der Waals surface area contributed by atoms with Crippen molar-refractivity contribution in [2.24, 2.45) is 0 Å². The number of carbonyl (C=O) groups excluding carboxylic acids is 2. The maximum absolute atomic E-state index is 12.7. The van der Waals surface area contributed by atoms with Crippen molar-refractivity contribution in [3.63, 3.8) is 0 Å². The van der Waals surface area contributed by atoms with Crippen LogP contribution in [0.1, 0.15) is 17.0 Å². The molecule has 0 fully saturated rings. The van der Waals surface area contributed by atoms with E-state index in [4.69, 9.17) is 4.74 Å². The molecule has 1 aliphatic heterocycles. The average Bonchev–Trinajstić information content (AvgIpc) is 3.07. The molecule has 2 N–H and O–H groups in total. The van der Waals surface area contributed by atoms with E-state index in [2.05, 4.69) is 15.4 Å². The molecule has 130 valence electrons. The van der Waals surface area contributed by atoms with Gasteiger partial charge in [-0.2, -0.15) is 0 Å². The number of methoxy groups -OCH3 is 2. The highest BCUT2D eigenvalue weighted by Gasteiger charge is 2.28. The Bertz CT molecular complexity index is 804. The first kappa shape index (κ1) is 16.8. The molecule has 3 rings (SSSR count). The predicted molar refractivity (Wildman–Crippen MR) is 95.0 cm³/mol. The number of amides is 1. The van der Waals surface area contributed by atoms with Gasteiger partial charge in [0, 0.05) is 12.2 Å². The van der Waals surface area contributed by atoms with Crippen molar-refractivity contribution in [2.45, 2.75) is 12.3 Å². The highest BCUT2D eigenvalue weighted by molar-refractivity contribution is 5.99. The summed E-state index contributed by atoms with van der Waals surface area (Å²) in [6.45, 7) is 0.563. The lowest BCUT2D eigenvalue weighted by molar-refractivity contribution is -0.139. The quantitative estimate of drug-likeness (QED) is 0.818. The number of benzene rings is 2. The Morgan fingerprint density at radius 3 is 2.76 bits per heavy atom. The molecule has 1 atom stereocenters. The van der Waals surface area contributed by atoms with E-state index in [1.165, 1.54) is 14.2 Å². The van der Waals surface area contributed by atoms with Crippen molar-refractivity contribution in [3.8, 4) is 5.75 Å². The fraction of sp³-hybridized carbons (Fsp3) is 0.263. The minimum absolute atomic E-state index is 0.100. The van der Waals surface area contributed by atoms with Crippen LogP contribution < -0.4 is 15.4 Å². The Morgan fingerprint density at radius 2 is 2.00 bits per heavy atom. The normalized spacial score (nSPS) is 15.0. The second kappa shape index (κ2) is 7.25. The number of anilines is 2. The van der Waals surface area contributed by atoms with E-state index in [9.17, 15) is 9.59 Å². The van der Waals surface area contributed by atoms with Gasteiger partial charge in [0.05, 0.1) is 32.2 Å². The first-order valence-corrected chi connectivity index (χ1v) is 7.99. The van der Waals surface area contributed by atoms with Crippen LogP contribution in [0.25, 0.3) is 0 Å². The first-order valence-electron chi connectivity index (χ1n) is 7.99. The summed E-state index contributed by atoms with van der Waals surface area (Å²) in [5.74, 6) is -0.173. The Labute approximate surface area is 146 Å². The molecule has 1 aliphatic rings. The van der Waals surface area contributed by atoms with Gasteiger partial charge in [-0.15, -0.1) is 0 Å². The molecule has 0 aromatic heterocycles. The SMILES string of the molecule is COC(=O)Cc1ccc(NC(=O)C2CNc3ccccc32)c(OC)c1. The number of hydrogen-bond acceptors (Lipinski definition) is 5. The molecule has 0 saturated carbocycles. The molecule has 6 nitrogen and oxygen atoms in total. The molecule has 2 aromatic rings. The fourth-order valence-corrected chi connectivity index (χ4v) is 2.93. The van der Waals surface area contributed by atoms with Crippen molar-refractivity contribution in [1.29, 1.82) is 0 Å². The largest absolute Gasteiger partial charge is 0.495 e. The minimum Gasteiger partial charge on any atom is -0.495 e. The summed E-state index contributed by atoms with van der Waals surface area (Å²) in [7, 11) is 2.88. The second-order valence-corrected chi connectivity index (χ2v) is 5.80. The lowest BCUT2D eigenvalue weighted by atomic mass is 10.0. The van der Waals surface area contributed by atoms with Crippen LogP contribution in [-0.4, -0.2) is 32.6 Å². The van der Waals surface area contributed by atoms with Crippen molar-refractivity contribution in [1.82, 2.24) is 0 Å². The van der Waals surface area contributed by atoms with Crippen LogP contribution in [0, 0.1) is 0 Å². The van der Waals surface area contributed by atoms with E-state index < -0.39 is 0 Å². The van der Waals surface area contributed by atoms with Crippen LogP contribution in [-0.2, 0) is 20.7 Å². The van der Waals surface area contributed by atoms with Gasteiger partial charge in [0.1, 0.15) is 5.75 Å². The molecule has 0 spiro atoms. The fourth-order valence-electron chi connectivity index (χ4n) is 2.93. The molecular formula is C19H20N2O4. The summed E-state index contributed by atoms with van der Waals surface area (Å²) in [5.41, 5.74) is 3.31. The van der Waals surface area contributed by atoms with Gasteiger partial charge >= 0.3 is 5.97 Å². The molecular weight excluding hydrogens is 320 g/mol. The number of para-hydroxylation sites is 1. The number of hydrogen-bond donors (Lipinski definition) is 2. The molecule has 0 radical (unpaired) electrons. The van der Waals surface area contributed by atoms with Crippen LogP contribution in [0.3, 0.4) is 0 Å². The summed E-state index contributed by atoms with van der Waals surface area (Å²) < 4.78 is 10.0. The third-order valence-electron chi connectivity index (χ3n) is 4.25. The van der Waals surface area contributed by atoms with E-state index in [1.807, 2.05) is 24.3 Å². The van der Waals surface area contributed by atoms with Crippen LogP contribution in [0.15, 0.2) is 42.5 Å². The van der Waals surface area contributed by atoms with Crippen molar-refractivity contribution in [3.05, 3.63) is 53.6 Å². The second-order valence-electron chi connectivity index (χ2n) is 5.80. The van der Waals surface area contributed by atoms with E-state index in [1.54, 1.807) is 18.2 Å². The van der Waals surface area contributed by atoms with Crippen molar-refractivity contribution < 1.29 is 19.1 Å². The summed E-state index contributed by atoms with van der Waals surface area (Å²) in [5, 5.41) is 6.16. The zero-order chi connectivity index (χ0) is 17.8. The van der Waals surface area contributed by atoms with Crippen LogP contribution >= 0.6 is 0 Å². The Balaban J connectivity index is 1.76. The zero-order valence-corrected chi connectivity index (χ0v) is 14.2. The van der Waals surface area contributed by atoms with Crippen LogP contribution in [0.2, 0.25) is 0 Å². The van der Waals surface area contributed by atoms with Gasteiger partial charge < -0.3 is 20.1 Å². The van der Waals surface area contributed by atoms with Crippen molar-refractivity contribution in [2.75, 3.05) is 31.4 Å². The summed E-state index contributed by atoms with van der Waals surface area (Å²) in [4.78, 5) is 24.1. The molecule has 1 amide bonds. The van der Waals surface area contributed by atoms with Crippen molar-refractivity contribution >= 4 is 23.3 Å². The molecule has 1 unspecified atom stereocenters. The molecule has 25 heavy (non-hydrogen) atoms. The van der Waals surface area contributed by atoms with Gasteiger partial charge in [0.2, 0.25) is 5.91 Å². The van der Waals surface area contributed by atoms with E-state index in [0.717, 1.165) is 16.8 Å². The molecule has 6 heteroatoms. The van der Waals surface area contributed by atoms with Gasteiger partial charge in [-0.3, -0.25) is 9.59 Å². The third kappa shape index (κ3) is 3.57. The summed E-state index contributed by atoms with van der Waals surface area (Å²) in [6, 6.07) is 13.0. The summed E-state index contributed by atoms with van der Waals surface area (Å²) >= 11 is 0. The predicted octanol–water partition coefficient (Wildman–Crippen LogP) is 2.56. The maximum Gasteiger partial charge on any atom is 0.309 e. The number of fused-ring (bicyclic) bond motifs is 1. The third-order valence-corrected chi connectivity index (χ3v) is 4.25. The highest BCUT2D eigenvalue weighted by Crippen LogP contribution is 2.33. The Morgan fingerprint density at radius 1 is 1.20 bits per heavy atom. The monoisotopic (exact) mass is 340 g/mol. The van der Waals surface area contributed by atoms with Crippen LogP contribution in [0.5, 0.6) is 5.75 Å². The number of rotatable bonds is 5. The first-order chi connectivity index (χ1) is 12.1. The van der Waals surface area contributed by atoms with Gasteiger partial charge in [-0.25, -0.2) is 0 Å². The van der Waals surface area contributed by atoms with E-state index in [0.29, 0.717) is 18.0 Å². The van der Waals surface area contributed by atoms with Crippen LogP contribution in [0.4, 0.5) is 11.4 Å². The lowest BCUT2D eigenvalue weighted by Crippen LogP contribution is -2.22. The van der Waals surface area contributed by atoms with E-state index >= 15 is 0 Å². The Kier molecular flexibility index (Phi) is 4.88. The summed E-state index contributed by atoms with van der Waals surface area (Å²) in [6.07, 6.45) is 0.154. The van der Waals surface area contributed by atoms with Gasteiger partial charge in [0.15, 0.2) is 0 Å². The minimum atomic E-state index is -0.326. The standard InChI is InChI=1S/C19H20N2O4/c1-24-17-9-12(10-18(22)25-2)7-8-16(17)21-19(23)14-11-20-15-6-4-3-5-13(14)15/h3-9,14,20H,10-11H2,1-2H3,(H,21,23). The topological polar surface area (TPSA) is 76.7 Å². The molecule has 2 aromatic carbocycles. The van der Waals surface area contributed by atoms with Gasteiger partial charge in [0.25, 0.3) is 0 Å². The van der Waals surface area contributed by atoms with E-state index in [-0.39, 0.29) is 24.2 Å². The molecule has 0 saturated heterocycles. The molecule has 0 bridgehead atoms. The van der Waals surface area contributed by atoms with Gasteiger partial charge in [-0.1, -0.05) is 24.3 Å². The lowest BCUT2D eigenvalue weighted by Gasteiger charge is -2.15. The number of carbonyl (C=O) groups is 2. The molecule has 1 heterocycles. The van der Waals surface area contributed by atoms with Gasteiger partial charge in [-0.05, 0) is 29.3 Å². The number of ether oxygens (including phenoxy) is 2. The Hall–Kier alpha value is -3.02. The number of esters is 1. The maximum atomic E-state index is 12.7. The average molecular weight is 340 g/mol. The molecule has 0 aliphatic carbocycles. The number of nitrogens with one attached hydrogen (secondary N) is 2. The highest BCUT2D eigenvalue weighted by atomic mass is 16.5. The smallest absolute Gasteiger partial charge is 0.309 e.